The average Bonchev–Trinajstić information content (AvgIpc) is 3.22. The molecule has 6 nitrogen and oxygen atoms in total. The first-order valence-corrected chi connectivity index (χ1v) is 10.7. The van der Waals surface area contributed by atoms with Crippen molar-refractivity contribution in [2.45, 2.75) is 31.3 Å². The molecule has 0 bridgehead atoms. The highest BCUT2D eigenvalue weighted by atomic mass is 19.1. The Kier molecular flexibility index (Phi) is 4.85. The fraction of sp³-hybridized carbons (Fsp3) is 0.375. The summed E-state index contributed by atoms with van der Waals surface area (Å²) in [5.74, 6) is -0.584. The van der Waals surface area contributed by atoms with Gasteiger partial charge in [0.05, 0.1) is 23.1 Å². The van der Waals surface area contributed by atoms with Gasteiger partial charge in [-0.05, 0) is 37.3 Å². The quantitative estimate of drug-likeness (QED) is 0.681. The number of aromatic amines is 1. The van der Waals surface area contributed by atoms with Crippen LogP contribution in [0, 0.1) is 17.7 Å². The number of fused-ring (bicyclic) bond motifs is 2. The van der Waals surface area contributed by atoms with E-state index in [-0.39, 0.29) is 29.7 Å². The van der Waals surface area contributed by atoms with Gasteiger partial charge in [0.25, 0.3) is 5.56 Å². The van der Waals surface area contributed by atoms with Crippen LogP contribution in [0.5, 0.6) is 0 Å². The molecule has 1 aromatic heterocycles. The summed E-state index contributed by atoms with van der Waals surface area (Å²) in [5, 5.41) is 19.3. The number of amides is 1. The van der Waals surface area contributed by atoms with Crippen LogP contribution in [0.2, 0.25) is 0 Å². The Morgan fingerprint density at radius 2 is 1.90 bits per heavy atom. The van der Waals surface area contributed by atoms with E-state index in [1.807, 2.05) is 6.07 Å². The normalized spacial score (nSPS) is 25.5. The van der Waals surface area contributed by atoms with E-state index in [9.17, 15) is 19.1 Å². The number of rotatable bonds is 3. The zero-order valence-electron chi connectivity index (χ0n) is 17.1. The summed E-state index contributed by atoms with van der Waals surface area (Å²) in [6, 6.07) is 13.5. The number of carbonyl (C=O) groups is 1. The number of hydrogen-bond acceptors (Lipinski definition) is 4. The van der Waals surface area contributed by atoms with E-state index in [2.05, 4.69) is 10.2 Å². The van der Waals surface area contributed by atoms with E-state index >= 15 is 0 Å². The molecular formula is C24H24FN3O3. The third-order valence-electron chi connectivity index (χ3n) is 6.97. The first-order chi connectivity index (χ1) is 15.0. The van der Waals surface area contributed by atoms with E-state index in [1.54, 1.807) is 41.3 Å². The van der Waals surface area contributed by atoms with E-state index in [4.69, 9.17) is 0 Å². The van der Waals surface area contributed by atoms with Crippen LogP contribution in [0.15, 0.2) is 53.3 Å². The molecule has 2 heterocycles. The van der Waals surface area contributed by atoms with Crippen LogP contribution in [0.25, 0.3) is 10.8 Å². The Morgan fingerprint density at radius 1 is 1.16 bits per heavy atom. The topological polar surface area (TPSA) is 86.3 Å². The van der Waals surface area contributed by atoms with E-state index in [0.717, 1.165) is 12.8 Å². The van der Waals surface area contributed by atoms with Crippen LogP contribution < -0.4 is 5.56 Å². The molecule has 1 aliphatic heterocycles. The largest absolute Gasteiger partial charge is 0.385 e. The lowest BCUT2D eigenvalue weighted by atomic mass is 9.67. The monoisotopic (exact) mass is 421 g/mol. The highest BCUT2D eigenvalue weighted by Gasteiger charge is 2.51. The first-order valence-electron chi connectivity index (χ1n) is 10.7. The number of aromatic nitrogens is 2. The molecule has 3 aromatic rings. The summed E-state index contributed by atoms with van der Waals surface area (Å²) in [4.78, 5) is 26.9. The van der Waals surface area contributed by atoms with Crippen LogP contribution in [-0.2, 0) is 16.8 Å². The molecule has 31 heavy (non-hydrogen) atoms. The third kappa shape index (κ3) is 3.33. The summed E-state index contributed by atoms with van der Waals surface area (Å²) >= 11 is 0. The predicted molar refractivity (Wildman–Crippen MR) is 114 cm³/mol. The summed E-state index contributed by atoms with van der Waals surface area (Å²) in [6.45, 7) is 0.928. The maximum absolute atomic E-state index is 14.5. The van der Waals surface area contributed by atoms with Crippen molar-refractivity contribution in [3.8, 4) is 0 Å². The fourth-order valence-corrected chi connectivity index (χ4v) is 5.44. The molecule has 2 aromatic carbocycles. The summed E-state index contributed by atoms with van der Waals surface area (Å²) in [5.41, 5.74) is -0.702. The molecule has 0 radical (unpaired) electrons. The van der Waals surface area contributed by atoms with Crippen molar-refractivity contribution in [3.05, 3.63) is 76.0 Å². The molecular weight excluding hydrogens is 397 g/mol. The molecule has 1 saturated carbocycles. The fourth-order valence-electron chi connectivity index (χ4n) is 5.44. The maximum atomic E-state index is 14.5. The summed E-state index contributed by atoms with van der Waals surface area (Å²) in [7, 11) is 0. The second-order valence-corrected chi connectivity index (χ2v) is 8.68. The van der Waals surface area contributed by atoms with Crippen molar-refractivity contribution in [1.29, 1.82) is 0 Å². The Morgan fingerprint density at radius 3 is 2.71 bits per heavy atom. The molecule has 5 rings (SSSR count). The molecule has 3 atom stereocenters. The van der Waals surface area contributed by atoms with Crippen LogP contribution in [0.1, 0.15) is 30.5 Å². The van der Waals surface area contributed by atoms with Gasteiger partial charge in [-0.15, -0.1) is 0 Å². The molecule has 160 valence electrons. The molecule has 2 aliphatic rings. The third-order valence-corrected chi connectivity index (χ3v) is 6.97. The Bertz CT molecular complexity index is 1210. The zero-order valence-corrected chi connectivity index (χ0v) is 17.1. The van der Waals surface area contributed by atoms with Gasteiger partial charge < -0.3 is 10.0 Å². The lowest BCUT2D eigenvalue weighted by molar-refractivity contribution is -0.130. The molecule has 1 amide bonds. The number of nitrogens with one attached hydrogen (secondary N) is 1. The number of aliphatic hydroxyl groups is 1. The van der Waals surface area contributed by atoms with Gasteiger partial charge in [0.1, 0.15) is 5.82 Å². The van der Waals surface area contributed by atoms with Gasteiger partial charge in [-0.25, -0.2) is 9.49 Å². The number of carbonyl (C=O) groups excluding carboxylic acids is 1. The number of H-pyrrole nitrogens is 1. The molecule has 0 spiro atoms. The van der Waals surface area contributed by atoms with Gasteiger partial charge in [-0.3, -0.25) is 9.59 Å². The first kappa shape index (κ1) is 19.9. The minimum absolute atomic E-state index is 0.0643. The smallest absolute Gasteiger partial charge is 0.272 e. The van der Waals surface area contributed by atoms with Gasteiger partial charge in [0, 0.05) is 30.0 Å². The second kappa shape index (κ2) is 7.57. The van der Waals surface area contributed by atoms with Crippen LogP contribution in [0.4, 0.5) is 4.39 Å². The molecule has 7 heteroatoms. The minimum Gasteiger partial charge on any atom is -0.385 e. The average molecular weight is 421 g/mol. The van der Waals surface area contributed by atoms with Crippen molar-refractivity contribution in [2.24, 2.45) is 11.8 Å². The maximum Gasteiger partial charge on any atom is 0.272 e. The highest BCUT2D eigenvalue weighted by molar-refractivity contribution is 5.88. The van der Waals surface area contributed by atoms with Crippen LogP contribution in [-0.4, -0.2) is 39.2 Å². The SMILES string of the molecule is O=C(Cc1n[nH]c(=O)c2ccccc12)N1C[C@@H]2CCC[C@@](O)(c3ccccc3F)[C@@H]2C1. The number of likely N-dealkylation sites (tertiary alicyclic amines) is 1. The Hall–Kier alpha value is -3.06. The van der Waals surface area contributed by atoms with Crippen LogP contribution >= 0.6 is 0 Å². The number of hydrogen-bond donors (Lipinski definition) is 2. The van der Waals surface area contributed by atoms with E-state index < -0.39 is 11.4 Å². The van der Waals surface area contributed by atoms with Crippen molar-refractivity contribution in [2.75, 3.05) is 13.1 Å². The Labute approximate surface area is 178 Å². The number of halogens is 1. The standard InChI is InChI=1S/C24H24FN3O3/c25-20-10-4-3-9-18(20)24(31)11-5-6-15-13-28(14-19(15)24)22(29)12-21-16-7-1-2-8-17(16)23(30)27-26-21/h1-4,7-10,15,19,31H,5-6,11-14H2,(H,27,30)/t15-,19+,24+/m0/s1. The highest BCUT2D eigenvalue weighted by Crippen LogP contribution is 2.48. The van der Waals surface area contributed by atoms with Gasteiger partial charge in [-0.2, -0.15) is 5.10 Å². The van der Waals surface area contributed by atoms with Gasteiger partial charge in [0.2, 0.25) is 5.91 Å². The van der Waals surface area contributed by atoms with Crippen molar-refractivity contribution < 1.29 is 14.3 Å². The lowest BCUT2D eigenvalue weighted by Crippen LogP contribution is -2.43. The summed E-state index contributed by atoms with van der Waals surface area (Å²) < 4.78 is 14.5. The van der Waals surface area contributed by atoms with Gasteiger partial charge in [-0.1, -0.05) is 36.4 Å². The predicted octanol–water partition coefficient (Wildman–Crippen LogP) is 2.75. The lowest BCUT2D eigenvalue weighted by Gasteiger charge is -2.41. The number of benzene rings is 2. The molecule has 2 fully saturated rings. The van der Waals surface area contributed by atoms with E-state index in [1.165, 1.54) is 6.07 Å². The molecule has 1 saturated heterocycles. The van der Waals surface area contributed by atoms with Gasteiger partial charge in [0.15, 0.2) is 0 Å². The second-order valence-electron chi connectivity index (χ2n) is 8.68. The minimum atomic E-state index is -1.27. The molecule has 0 unspecified atom stereocenters. The van der Waals surface area contributed by atoms with Crippen molar-refractivity contribution in [1.82, 2.24) is 15.1 Å². The number of nitrogens with zero attached hydrogens (tertiary/aromatic N) is 2. The zero-order chi connectivity index (χ0) is 21.6. The van der Waals surface area contributed by atoms with Crippen LogP contribution in [0.3, 0.4) is 0 Å². The molecule has 2 N–H and O–H groups in total. The summed E-state index contributed by atoms with van der Waals surface area (Å²) in [6.07, 6.45) is 2.25. The van der Waals surface area contributed by atoms with Crippen molar-refractivity contribution in [3.63, 3.8) is 0 Å². The van der Waals surface area contributed by atoms with Crippen molar-refractivity contribution >= 4 is 16.7 Å². The Balaban J connectivity index is 1.40. The van der Waals surface area contributed by atoms with E-state index in [0.29, 0.717) is 41.5 Å². The van der Waals surface area contributed by atoms with Gasteiger partial charge >= 0.3 is 0 Å². The molecule has 1 aliphatic carbocycles.